The number of amides is 1. The number of ether oxygens (including phenoxy) is 4. The molecule has 8 nitrogen and oxygen atoms in total. The van der Waals surface area contributed by atoms with Crippen molar-refractivity contribution in [2.45, 2.75) is 52.2 Å². The Morgan fingerprint density at radius 2 is 1.81 bits per heavy atom. The van der Waals surface area contributed by atoms with Crippen molar-refractivity contribution in [2.75, 3.05) is 13.7 Å². The summed E-state index contributed by atoms with van der Waals surface area (Å²) in [5.74, 6) is -0.684. The van der Waals surface area contributed by atoms with Crippen LogP contribution in [-0.4, -0.2) is 43.5 Å². The summed E-state index contributed by atoms with van der Waals surface area (Å²) in [6.07, 6.45) is -0.121. The van der Waals surface area contributed by atoms with E-state index in [-0.39, 0.29) is 6.61 Å². The highest BCUT2D eigenvalue weighted by atomic mass is 16.8. The molecular formula is C18H27NO7. The van der Waals surface area contributed by atoms with E-state index in [1.165, 1.54) is 7.11 Å². The Morgan fingerprint density at radius 1 is 1.15 bits per heavy atom. The smallest absolute Gasteiger partial charge is 0.408 e. The second kappa shape index (κ2) is 11.3. The van der Waals surface area contributed by atoms with Gasteiger partial charge in [0.25, 0.3) is 0 Å². The van der Waals surface area contributed by atoms with Gasteiger partial charge >= 0.3 is 12.1 Å². The summed E-state index contributed by atoms with van der Waals surface area (Å²) < 4.78 is 20.9. The van der Waals surface area contributed by atoms with Crippen LogP contribution in [0.5, 0.6) is 5.75 Å². The molecule has 0 heterocycles. The zero-order chi connectivity index (χ0) is 19.5. The zero-order valence-corrected chi connectivity index (χ0v) is 15.6. The van der Waals surface area contributed by atoms with Crippen molar-refractivity contribution in [3.8, 4) is 5.75 Å². The number of rotatable bonds is 11. The Balaban J connectivity index is 2.67. The Bertz CT molecular complexity index is 561. The Hall–Kier alpha value is -2.32. The average Bonchev–Trinajstić information content (AvgIpc) is 2.60. The lowest BCUT2D eigenvalue weighted by atomic mass is 10.1. The summed E-state index contributed by atoms with van der Waals surface area (Å²) >= 11 is 0. The van der Waals surface area contributed by atoms with Gasteiger partial charge in [-0.1, -0.05) is 25.5 Å². The summed E-state index contributed by atoms with van der Waals surface area (Å²) in [6, 6.07) is 5.12. The lowest BCUT2D eigenvalue weighted by Crippen LogP contribution is -2.34. The Kier molecular flexibility index (Phi) is 9.46. The van der Waals surface area contributed by atoms with Gasteiger partial charge in [-0.25, -0.2) is 9.59 Å². The summed E-state index contributed by atoms with van der Waals surface area (Å²) in [5, 5.41) is 11.7. The van der Waals surface area contributed by atoms with E-state index in [2.05, 4.69) is 5.32 Å². The fourth-order valence-electron chi connectivity index (χ4n) is 2.04. The van der Waals surface area contributed by atoms with Gasteiger partial charge < -0.3 is 29.4 Å². The van der Waals surface area contributed by atoms with Crippen LogP contribution in [-0.2, 0) is 19.0 Å². The van der Waals surface area contributed by atoms with Crippen LogP contribution in [0.2, 0.25) is 0 Å². The summed E-state index contributed by atoms with van der Waals surface area (Å²) in [6.45, 7) is 5.68. The van der Waals surface area contributed by atoms with Gasteiger partial charge in [-0.05, 0) is 38.0 Å². The number of hydrogen-bond acceptors (Lipinski definition) is 6. The van der Waals surface area contributed by atoms with Crippen molar-refractivity contribution < 1.29 is 33.6 Å². The van der Waals surface area contributed by atoms with E-state index in [1.54, 1.807) is 38.1 Å². The monoisotopic (exact) mass is 369 g/mol. The molecule has 3 unspecified atom stereocenters. The minimum Gasteiger partial charge on any atom is -0.479 e. The second-order valence-electron chi connectivity index (χ2n) is 5.60. The molecule has 1 rings (SSSR count). The van der Waals surface area contributed by atoms with Crippen LogP contribution in [0.25, 0.3) is 0 Å². The van der Waals surface area contributed by atoms with Crippen LogP contribution in [0.4, 0.5) is 4.79 Å². The number of carbonyl (C=O) groups excluding carboxylic acids is 1. The first kappa shape index (κ1) is 21.7. The van der Waals surface area contributed by atoms with Crippen molar-refractivity contribution in [1.29, 1.82) is 0 Å². The molecule has 0 aliphatic carbocycles. The molecule has 26 heavy (non-hydrogen) atoms. The molecule has 0 aliphatic rings. The van der Waals surface area contributed by atoms with Crippen molar-refractivity contribution >= 4 is 12.1 Å². The standard InChI is InChI=1S/C18H27NO7/c1-5-6-11-24-18(22)19-16(17(20)21)14-7-9-15(10-8-14)26-13(3)25-12(2)23-4/h7-10,12-13,16H,5-6,11H2,1-4H3,(H,19,22)(H,20,21). The molecule has 0 fully saturated rings. The van der Waals surface area contributed by atoms with Crippen LogP contribution in [0.15, 0.2) is 24.3 Å². The van der Waals surface area contributed by atoms with E-state index < -0.39 is 30.7 Å². The molecule has 8 heteroatoms. The molecule has 146 valence electrons. The maximum atomic E-state index is 11.7. The molecule has 1 aromatic rings. The van der Waals surface area contributed by atoms with Gasteiger partial charge in [0.05, 0.1) is 6.61 Å². The molecule has 0 radical (unpaired) electrons. The van der Waals surface area contributed by atoms with Crippen LogP contribution < -0.4 is 10.1 Å². The van der Waals surface area contributed by atoms with Gasteiger partial charge in [0, 0.05) is 7.11 Å². The SMILES string of the molecule is CCCCOC(=O)NC(C(=O)O)c1ccc(OC(C)OC(C)OC)cc1. The third-order valence-corrected chi connectivity index (χ3v) is 3.47. The first-order chi connectivity index (χ1) is 12.4. The van der Waals surface area contributed by atoms with Crippen LogP contribution in [0.1, 0.15) is 45.2 Å². The minimum atomic E-state index is -1.21. The highest BCUT2D eigenvalue weighted by molar-refractivity contribution is 5.81. The van der Waals surface area contributed by atoms with E-state index >= 15 is 0 Å². The highest BCUT2D eigenvalue weighted by Gasteiger charge is 2.23. The summed E-state index contributed by atoms with van der Waals surface area (Å²) in [5.41, 5.74) is 0.399. The first-order valence-electron chi connectivity index (χ1n) is 8.48. The van der Waals surface area contributed by atoms with Crippen LogP contribution in [0.3, 0.4) is 0 Å². The van der Waals surface area contributed by atoms with Crippen LogP contribution >= 0.6 is 0 Å². The number of alkyl carbamates (subject to hydrolysis) is 1. The molecule has 1 aromatic carbocycles. The number of carboxylic acid groups (broad SMARTS) is 1. The number of carbonyl (C=O) groups is 2. The number of unbranched alkanes of at least 4 members (excludes halogenated alkanes) is 1. The predicted octanol–water partition coefficient (Wildman–Crippen LogP) is 3.07. The molecule has 0 spiro atoms. The van der Waals surface area contributed by atoms with Crippen molar-refractivity contribution in [1.82, 2.24) is 5.32 Å². The molecule has 0 aliphatic heterocycles. The van der Waals surface area contributed by atoms with Gasteiger partial charge in [-0.2, -0.15) is 0 Å². The van der Waals surface area contributed by atoms with E-state index in [0.29, 0.717) is 11.3 Å². The van der Waals surface area contributed by atoms with Gasteiger partial charge in [0.2, 0.25) is 0 Å². The Labute approximate surface area is 153 Å². The van der Waals surface area contributed by atoms with Crippen molar-refractivity contribution in [3.05, 3.63) is 29.8 Å². The predicted molar refractivity (Wildman–Crippen MR) is 93.9 cm³/mol. The van der Waals surface area contributed by atoms with E-state index in [9.17, 15) is 14.7 Å². The Morgan fingerprint density at radius 3 is 2.35 bits per heavy atom. The topological polar surface area (TPSA) is 103 Å². The van der Waals surface area contributed by atoms with E-state index in [4.69, 9.17) is 18.9 Å². The molecule has 0 aromatic heterocycles. The molecule has 2 N–H and O–H groups in total. The van der Waals surface area contributed by atoms with Gasteiger partial charge in [0.1, 0.15) is 5.75 Å². The average molecular weight is 369 g/mol. The molecule has 0 saturated heterocycles. The van der Waals surface area contributed by atoms with Crippen LogP contribution in [0, 0.1) is 0 Å². The third-order valence-electron chi connectivity index (χ3n) is 3.47. The highest BCUT2D eigenvalue weighted by Crippen LogP contribution is 2.20. The lowest BCUT2D eigenvalue weighted by molar-refractivity contribution is -0.192. The van der Waals surface area contributed by atoms with Gasteiger partial charge in [-0.15, -0.1) is 0 Å². The number of benzene rings is 1. The minimum absolute atomic E-state index is 0.249. The van der Waals surface area contributed by atoms with Crippen molar-refractivity contribution in [3.63, 3.8) is 0 Å². The fraction of sp³-hybridized carbons (Fsp3) is 0.556. The lowest BCUT2D eigenvalue weighted by Gasteiger charge is -2.20. The number of carboxylic acids is 1. The molecule has 0 bridgehead atoms. The van der Waals surface area contributed by atoms with Crippen molar-refractivity contribution in [2.24, 2.45) is 0 Å². The molecule has 0 saturated carbocycles. The van der Waals surface area contributed by atoms with E-state index in [1.807, 2.05) is 6.92 Å². The maximum Gasteiger partial charge on any atom is 0.408 e. The number of aliphatic carboxylic acids is 1. The number of methoxy groups -OCH3 is 1. The normalized spacial score (nSPS) is 14.2. The zero-order valence-electron chi connectivity index (χ0n) is 15.6. The quantitative estimate of drug-likeness (QED) is 0.456. The van der Waals surface area contributed by atoms with Gasteiger partial charge in [0.15, 0.2) is 18.6 Å². The van der Waals surface area contributed by atoms with E-state index in [0.717, 1.165) is 12.8 Å². The van der Waals surface area contributed by atoms with Gasteiger partial charge in [-0.3, -0.25) is 0 Å². The largest absolute Gasteiger partial charge is 0.479 e. The number of hydrogen-bond donors (Lipinski definition) is 2. The number of nitrogens with one attached hydrogen (secondary N) is 1. The molecule has 3 atom stereocenters. The fourth-order valence-corrected chi connectivity index (χ4v) is 2.04. The maximum absolute atomic E-state index is 11.7. The summed E-state index contributed by atoms with van der Waals surface area (Å²) in [4.78, 5) is 23.1. The molecular weight excluding hydrogens is 342 g/mol. The first-order valence-corrected chi connectivity index (χ1v) is 8.48. The third kappa shape index (κ3) is 7.71. The summed E-state index contributed by atoms with van der Waals surface area (Å²) in [7, 11) is 1.53. The second-order valence-corrected chi connectivity index (χ2v) is 5.60. The molecule has 1 amide bonds.